The Labute approximate surface area is 114 Å². The van der Waals surface area contributed by atoms with E-state index in [1.807, 2.05) is 19.1 Å². The molecule has 0 bridgehead atoms. The molecule has 0 atom stereocenters. The topological polar surface area (TPSA) is 89.3 Å². The van der Waals surface area contributed by atoms with E-state index in [-0.39, 0.29) is 5.75 Å². The van der Waals surface area contributed by atoms with Gasteiger partial charge in [-0.05, 0) is 31.0 Å². The molecule has 0 fully saturated rings. The number of hydrogen-bond donors (Lipinski definition) is 2. The van der Waals surface area contributed by atoms with Gasteiger partial charge in [0.05, 0.1) is 5.75 Å². The van der Waals surface area contributed by atoms with Gasteiger partial charge in [0.2, 0.25) is 5.91 Å². The first kappa shape index (κ1) is 15.7. The van der Waals surface area contributed by atoms with Crippen molar-refractivity contribution >= 4 is 21.4 Å². The van der Waals surface area contributed by atoms with Crippen LogP contribution in [0.1, 0.15) is 18.9 Å². The number of benzene rings is 1. The summed E-state index contributed by atoms with van der Waals surface area (Å²) >= 11 is 0. The van der Waals surface area contributed by atoms with Crippen molar-refractivity contribution < 1.29 is 13.2 Å². The summed E-state index contributed by atoms with van der Waals surface area (Å²) in [7, 11) is -3.37. The van der Waals surface area contributed by atoms with Crippen LogP contribution >= 0.6 is 0 Å². The van der Waals surface area contributed by atoms with E-state index in [9.17, 15) is 13.2 Å². The largest absolute Gasteiger partial charge is 0.330 e. The number of aryl methyl sites for hydroxylation is 1. The third-order valence-corrected chi connectivity index (χ3v) is 4.30. The van der Waals surface area contributed by atoms with Gasteiger partial charge in [0.15, 0.2) is 9.84 Å². The van der Waals surface area contributed by atoms with E-state index in [4.69, 9.17) is 5.73 Å². The van der Waals surface area contributed by atoms with Crippen LogP contribution in [0.2, 0.25) is 0 Å². The average Bonchev–Trinajstić information content (AvgIpc) is 2.36. The molecule has 0 aliphatic carbocycles. The Morgan fingerprint density at radius 2 is 2.00 bits per heavy atom. The first-order valence-corrected chi connectivity index (χ1v) is 8.09. The van der Waals surface area contributed by atoms with Crippen molar-refractivity contribution in [2.45, 2.75) is 19.8 Å². The molecule has 1 aromatic rings. The summed E-state index contributed by atoms with van der Waals surface area (Å²) in [5.74, 6) is -1.05. The van der Waals surface area contributed by atoms with E-state index in [2.05, 4.69) is 5.32 Å². The summed E-state index contributed by atoms with van der Waals surface area (Å²) in [6, 6.07) is 7.35. The number of hydrogen-bond acceptors (Lipinski definition) is 4. The van der Waals surface area contributed by atoms with Crippen LogP contribution in [-0.2, 0) is 21.1 Å². The number of carbonyl (C=O) groups is 1. The first-order valence-electron chi connectivity index (χ1n) is 6.26. The van der Waals surface area contributed by atoms with Crippen molar-refractivity contribution in [3.05, 3.63) is 29.8 Å². The first-order chi connectivity index (χ1) is 8.98. The fourth-order valence-corrected chi connectivity index (χ4v) is 2.93. The van der Waals surface area contributed by atoms with Gasteiger partial charge in [-0.1, -0.05) is 25.1 Å². The molecule has 1 rings (SSSR count). The number of nitrogens with two attached hydrogens (primary N) is 1. The van der Waals surface area contributed by atoms with Gasteiger partial charge in [-0.3, -0.25) is 4.79 Å². The second kappa shape index (κ2) is 7.25. The van der Waals surface area contributed by atoms with Gasteiger partial charge in [0.25, 0.3) is 0 Å². The third kappa shape index (κ3) is 5.40. The molecule has 6 heteroatoms. The van der Waals surface area contributed by atoms with E-state index in [0.717, 1.165) is 12.0 Å². The highest BCUT2D eigenvalue weighted by molar-refractivity contribution is 7.92. The molecule has 0 saturated carbocycles. The molecule has 106 valence electrons. The van der Waals surface area contributed by atoms with Crippen LogP contribution < -0.4 is 11.1 Å². The Morgan fingerprint density at radius 1 is 1.32 bits per heavy atom. The highest BCUT2D eigenvalue weighted by atomic mass is 32.2. The van der Waals surface area contributed by atoms with Crippen molar-refractivity contribution in [2.24, 2.45) is 5.73 Å². The highest BCUT2D eigenvalue weighted by Crippen LogP contribution is 2.15. The van der Waals surface area contributed by atoms with Gasteiger partial charge in [0, 0.05) is 5.69 Å². The van der Waals surface area contributed by atoms with Gasteiger partial charge < -0.3 is 11.1 Å². The molecule has 0 unspecified atom stereocenters. The monoisotopic (exact) mass is 284 g/mol. The number of amides is 1. The van der Waals surface area contributed by atoms with Crippen LogP contribution in [0, 0.1) is 0 Å². The SMILES string of the molecule is CCc1ccccc1NC(=O)CS(=O)(=O)CCCN. The Balaban J connectivity index is 2.65. The molecule has 0 saturated heterocycles. The minimum atomic E-state index is -3.37. The van der Waals surface area contributed by atoms with Crippen molar-refractivity contribution in [2.75, 3.05) is 23.4 Å². The maximum absolute atomic E-state index is 11.7. The van der Waals surface area contributed by atoms with Crippen LogP contribution in [-0.4, -0.2) is 32.4 Å². The van der Waals surface area contributed by atoms with E-state index < -0.39 is 21.5 Å². The minimum Gasteiger partial charge on any atom is -0.330 e. The van der Waals surface area contributed by atoms with Crippen molar-refractivity contribution in [1.82, 2.24) is 0 Å². The molecule has 0 radical (unpaired) electrons. The Bertz CT molecular complexity index is 526. The molecule has 19 heavy (non-hydrogen) atoms. The van der Waals surface area contributed by atoms with Gasteiger partial charge in [0.1, 0.15) is 5.75 Å². The lowest BCUT2D eigenvalue weighted by Crippen LogP contribution is -2.25. The van der Waals surface area contributed by atoms with E-state index in [0.29, 0.717) is 18.7 Å². The normalized spacial score (nSPS) is 11.3. The Kier molecular flexibility index (Phi) is 5.98. The zero-order valence-corrected chi connectivity index (χ0v) is 11.9. The zero-order valence-electron chi connectivity index (χ0n) is 11.1. The lowest BCUT2D eigenvalue weighted by Gasteiger charge is -2.09. The molecular formula is C13H20N2O3S. The van der Waals surface area contributed by atoms with Crippen molar-refractivity contribution in [3.63, 3.8) is 0 Å². The van der Waals surface area contributed by atoms with Crippen LogP contribution in [0.5, 0.6) is 0 Å². The number of para-hydroxylation sites is 1. The van der Waals surface area contributed by atoms with Gasteiger partial charge >= 0.3 is 0 Å². The average molecular weight is 284 g/mol. The summed E-state index contributed by atoms with van der Waals surface area (Å²) in [5, 5.41) is 2.64. The van der Waals surface area contributed by atoms with Crippen LogP contribution in [0.3, 0.4) is 0 Å². The summed E-state index contributed by atoms with van der Waals surface area (Å²) in [6.45, 7) is 2.28. The Hall–Kier alpha value is -1.40. The molecule has 1 aromatic carbocycles. The number of sulfone groups is 1. The van der Waals surface area contributed by atoms with E-state index in [1.54, 1.807) is 12.1 Å². The Morgan fingerprint density at radius 3 is 2.63 bits per heavy atom. The van der Waals surface area contributed by atoms with Crippen LogP contribution in [0.4, 0.5) is 5.69 Å². The van der Waals surface area contributed by atoms with Gasteiger partial charge in [-0.15, -0.1) is 0 Å². The molecule has 1 amide bonds. The highest BCUT2D eigenvalue weighted by Gasteiger charge is 2.16. The van der Waals surface area contributed by atoms with Crippen LogP contribution in [0.25, 0.3) is 0 Å². The molecule has 0 spiro atoms. The van der Waals surface area contributed by atoms with Crippen LogP contribution in [0.15, 0.2) is 24.3 Å². The summed E-state index contributed by atoms with van der Waals surface area (Å²) in [5.41, 5.74) is 6.92. The maximum Gasteiger partial charge on any atom is 0.239 e. The van der Waals surface area contributed by atoms with Crippen molar-refractivity contribution in [3.8, 4) is 0 Å². The second-order valence-corrected chi connectivity index (χ2v) is 6.48. The van der Waals surface area contributed by atoms with E-state index >= 15 is 0 Å². The molecule has 0 heterocycles. The summed E-state index contributed by atoms with van der Waals surface area (Å²) in [4.78, 5) is 11.7. The van der Waals surface area contributed by atoms with E-state index in [1.165, 1.54) is 0 Å². The minimum absolute atomic E-state index is 0.0493. The maximum atomic E-state index is 11.7. The smallest absolute Gasteiger partial charge is 0.239 e. The van der Waals surface area contributed by atoms with Gasteiger partial charge in [-0.25, -0.2) is 8.42 Å². The summed E-state index contributed by atoms with van der Waals surface area (Å²) in [6.07, 6.45) is 1.15. The number of anilines is 1. The van der Waals surface area contributed by atoms with Gasteiger partial charge in [-0.2, -0.15) is 0 Å². The second-order valence-electron chi connectivity index (χ2n) is 4.29. The summed E-state index contributed by atoms with van der Waals surface area (Å²) < 4.78 is 23.3. The molecule has 0 aliphatic rings. The standard InChI is InChI=1S/C13H20N2O3S/c1-2-11-6-3-4-7-12(11)15-13(16)10-19(17,18)9-5-8-14/h3-4,6-7H,2,5,8-10,14H2,1H3,(H,15,16). The number of rotatable bonds is 7. The lowest BCUT2D eigenvalue weighted by atomic mass is 10.1. The molecule has 5 nitrogen and oxygen atoms in total. The predicted octanol–water partition coefficient (Wildman–Crippen LogP) is 0.951. The molecular weight excluding hydrogens is 264 g/mol. The fraction of sp³-hybridized carbons (Fsp3) is 0.462. The van der Waals surface area contributed by atoms with Crippen molar-refractivity contribution in [1.29, 1.82) is 0 Å². The quantitative estimate of drug-likeness (QED) is 0.780. The lowest BCUT2D eigenvalue weighted by molar-refractivity contribution is -0.113. The third-order valence-electron chi connectivity index (χ3n) is 2.68. The molecule has 0 aromatic heterocycles. The predicted molar refractivity (Wildman–Crippen MR) is 76.8 cm³/mol. The number of carbonyl (C=O) groups excluding carboxylic acids is 1. The molecule has 0 aliphatic heterocycles. The number of nitrogens with one attached hydrogen (secondary N) is 1. The molecule has 3 N–H and O–H groups in total. The zero-order chi connectivity index (χ0) is 14.3. The fourth-order valence-electron chi connectivity index (χ4n) is 1.71.